The van der Waals surface area contributed by atoms with Gasteiger partial charge in [-0.1, -0.05) is 32.1 Å². The number of nitrogens with one attached hydrogen (secondary N) is 2. The van der Waals surface area contributed by atoms with E-state index in [4.69, 9.17) is 0 Å². The summed E-state index contributed by atoms with van der Waals surface area (Å²) in [7, 11) is -1.22. The van der Waals surface area contributed by atoms with E-state index in [-0.39, 0.29) is 5.75 Å². The third-order valence-electron chi connectivity index (χ3n) is 6.19. The molecule has 0 amide bonds. The highest BCUT2D eigenvalue weighted by Crippen LogP contribution is 2.44. The lowest BCUT2D eigenvalue weighted by Gasteiger charge is -2.32. The van der Waals surface area contributed by atoms with Gasteiger partial charge in [0, 0.05) is 32.2 Å². The molecule has 2 unspecified atom stereocenters. The van der Waals surface area contributed by atoms with Crippen LogP contribution in [0.3, 0.4) is 0 Å². The molecule has 144 valence electrons. The zero-order valence-corrected chi connectivity index (χ0v) is 16.5. The maximum absolute atomic E-state index is 11.9. The van der Waals surface area contributed by atoms with Gasteiger partial charge in [-0.05, 0) is 38.0 Å². The van der Waals surface area contributed by atoms with Crippen molar-refractivity contribution in [1.29, 1.82) is 0 Å². The second kappa shape index (κ2) is 8.25. The van der Waals surface area contributed by atoms with Crippen molar-refractivity contribution in [2.24, 2.45) is 16.8 Å². The zero-order chi connectivity index (χ0) is 17.9. The molecule has 0 aromatic carbocycles. The topological polar surface area (TPSA) is 73.8 Å². The highest BCUT2D eigenvalue weighted by Gasteiger charge is 2.43. The van der Waals surface area contributed by atoms with Gasteiger partial charge in [-0.15, -0.1) is 0 Å². The Labute approximate surface area is 152 Å². The van der Waals surface area contributed by atoms with Gasteiger partial charge < -0.3 is 10.6 Å². The van der Waals surface area contributed by atoms with Crippen LogP contribution in [0.15, 0.2) is 4.99 Å². The maximum atomic E-state index is 11.9. The van der Waals surface area contributed by atoms with Crippen LogP contribution in [0.2, 0.25) is 0 Å². The van der Waals surface area contributed by atoms with E-state index < -0.39 is 10.0 Å². The van der Waals surface area contributed by atoms with Crippen LogP contribution in [0.4, 0.5) is 0 Å². The van der Waals surface area contributed by atoms with Crippen molar-refractivity contribution in [2.75, 3.05) is 25.9 Å². The molecule has 1 saturated heterocycles. The van der Waals surface area contributed by atoms with Crippen LogP contribution >= 0.6 is 0 Å². The minimum Gasteiger partial charge on any atom is -0.354 e. The summed E-state index contributed by atoms with van der Waals surface area (Å²) in [5, 5.41) is 7.10. The van der Waals surface area contributed by atoms with Crippen molar-refractivity contribution in [3.8, 4) is 0 Å². The van der Waals surface area contributed by atoms with E-state index in [1.165, 1.54) is 38.5 Å². The number of nitrogens with zero attached hydrogens (tertiary/aromatic N) is 2. The van der Waals surface area contributed by atoms with Crippen LogP contribution < -0.4 is 10.6 Å². The van der Waals surface area contributed by atoms with Gasteiger partial charge in [0.2, 0.25) is 10.0 Å². The fraction of sp³-hybridized carbons (Fsp3) is 0.944. The minimum atomic E-state index is -3.05. The van der Waals surface area contributed by atoms with E-state index in [1.807, 2.05) is 7.05 Å². The normalized spacial score (nSPS) is 30.2. The standard InChI is InChI=1S/C18H34N4O2S/c1-3-25(23,24)22-11-9-15(10-12-22)20-18(19-2)21-17-13-16(17)14-7-5-4-6-8-14/h14-17H,3-13H2,1-2H3,(H2,19,20,21). The number of guanidine groups is 1. The smallest absolute Gasteiger partial charge is 0.213 e. The van der Waals surface area contributed by atoms with Gasteiger partial charge in [0.05, 0.1) is 5.75 Å². The van der Waals surface area contributed by atoms with Crippen LogP contribution in [0.1, 0.15) is 58.3 Å². The molecular weight excluding hydrogens is 336 g/mol. The predicted molar refractivity (Wildman–Crippen MR) is 102 cm³/mol. The molecule has 2 N–H and O–H groups in total. The van der Waals surface area contributed by atoms with Crippen molar-refractivity contribution in [1.82, 2.24) is 14.9 Å². The first-order valence-corrected chi connectivity index (χ1v) is 11.6. The van der Waals surface area contributed by atoms with E-state index in [9.17, 15) is 8.42 Å². The Hall–Kier alpha value is -0.820. The molecule has 3 rings (SSSR count). The lowest BCUT2D eigenvalue weighted by Crippen LogP contribution is -2.50. The Morgan fingerprint density at radius 3 is 2.36 bits per heavy atom. The Bertz CT molecular complexity index is 564. The first-order chi connectivity index (χ1) is 12.0. The average molecular weight is 371 g/mol. The van der Waals surface area contributed by atoms with E-state index in [0.29, 0.717) is 25.2 Å². The van der Waals surface area contributed by atoms with Crippen molar-refractivity contribution < 1.29 is 8.42 Å². The SMILES string of the molecule is CCS(=O)(=O)N1CCC(NC(=NC)NC2CC2C2CCCCC2)CC1. The second-order valence-corrected chi connectivity index (χ2v) is 10.1. The van der Waals surface area contributed by atoms with Gasteiger partial charge in [-0.2, -0.15) is 0 Å². The average Bonchev–Trinajstić information content (AvgIpc) is 3.41. The van der Waals surface area contributed by atoms with Gasteiger partial charge in [-0.25, -0.2) is 12.7 Å². The maximum Gasteiger partial charge on any atom is 0.213 e. The number of piperidine rings is 1. The summed E-state index contributed by atoms with van der Waals surface area (Å²) in [5.41, 5.74) is 0. The largest absolute Gasteiger partial charge is 0.354 e. The third-order valence-corrected chi connectivity index (χ3v) is 8.08. The summed E-state index contributed by atoms with van der Waals surface area (Å²) >= 11 is 0. The molecule has 6 nitrogen and oxygen atoms in total. The molecule has 7 heteroatoms. The van der Waals surface area contributed by atoms with E-state index >= 15 is 0 Å². The summed E-state index contributed by atoms with van der Waals surface area (Å²) < 4.78 is 25.5. The quantitative estimate of drug-likeness (QED) is 0.573. The molecule has 1 aliphatic heterocycles. The molecule has 0 aromatic rings. The van der Waals surface area contributed by atoms with Crippen LogP contribution in [-0.2, 0) is 10.0 Å². The van der Waals surface area contributed by atoms with Gasteiger partial charge in [-0.3, -0.25) is 4.99 Å². The molecular formula is C18H34N4O2S. The summed E-state index contributed by atoms with van der Waals surface area (Å²) in [6.45, 7) is 2.93. The molecule has 2 atom stereocenters. The summed E-state index contributed by atoms with van der Waals surface area (Å²) in [6.07, 6.45) is 9.99. The van der Waals surface area contributed by atoms with Crippen molar-refractivity contribution in [3.05, 3.63) is 0 Å². The first kappa shape index (κ1) is 19.0. The summed E-state index contributed by atoms with van der Waals surface area (Å²) in [6, 6.07) is 0.885. The zero-order valence-electron chi connectivity index (χ0n) is 15.7. The lowest BCUT2D eigenvalue weighted by molar-refractivity contribution is 0.304. The number of hydrogen-bond donors (Lipinski definition) is 2. The molecule has 25 heavy (non-hydrogen) atoms. The molecule has 3 fully saturated rings. The molecule has 3 aliphatic rings. The van der Waals surface area contributed by atoms with Gasteiger partial charge >= 0.3 is 0 Å². The van der Waals surface area contributed by atoms with Gasteiger partial charge in [0.15, 0.2) is 5.96 Å². The van der Waals surface area contributed by atoms with Crippen molar-refractivity contribution >= 4 is 16.0 Å². The van der Waals surface area contributed by atoms with E-state index in [1.54, 1.807) is 11.2 Å². The monoisotopic (exact) mass is 370 g/mol. The fourth-order valence-electron chi connectivity index (χ4n) is 4.46. The highest BCUT2D eigenvalue weighted by atomic mass is 32.2. The lowest BCUT2D eigenvalue weighted by atomic mass is 9.85. The molecule has 0 radical (unpaired) electrons. The molecule has 1 heterocycles. The number of aliphatic imine (C=N–C) groups is 1. The first-order valence-electron chi connectivity index (χ1n) is 10.0. The highest BCUT2D eigenvalue weighted by molar-refractivity contribution is 7.89. The Kier molecular flexibility index (Phi) is 6.25. The molecule has 0 spiro atoms. The molecule has 0 aromatic heterocycles. The number of sulfonamides is 1. The third kappa shape index (κ3) is 4.88. The predicted octanol–water partition coefficient (Wildman–Crippen LogP) is 1.93. The van der Waals surface area contributed by atoms with Crippen molar-refractivity contribution in [2.45, 2.75) is 70.4 Å². The Morgan fingerprint density at radius 1 is 1.08 bits per heavy atom. The van der Waals surface area contributed by atoms with E-state index in [0.717, 1.165) is 30.6 Å². The summed E-state index contributed by atoms with van der Waals surface area (Å²) in [4.78, 5) is 4.39. The van der Waals surface area contributed by atoms with Gasteiger partial charge in [0.25, 0.3) is 0 Å². The Morgan fingerprint density at radius 2 is 1.76 bits per heavy atom. The molecule has 0 bridgehead atoms. The van der Waals surface area contributed by atoms with Crippen LogP contribution in [0, 0.1) is 11.8 Å². The molecule has 2 aliphatic carbocycles. The van der Waals surface area contributed by atoms with Gasteiger partial charge in [0.1, 0.15) is 0 Å². The minimum absolute atomic E-state index is 0.193. The fourth-order valence-corrected chi connectivity index (χ4v) is 5.60. The van der Waals surface area contributed by atoms with Crippen molar-refractivity contribution in [3.63, 3.8) is 0 Å². The van der Waals surface area contributed by atoms with Crippen LogP contribution in [0.5, 0.6) is 0 Å². The Balaban J connectivity index is 1.42. The molecule has 2 saturated carbocycles. The van der Waals surface area contributed by atoms with Crippen LogP contribution in [-0.4, -0.2) is 56.7 Å². The number of hydrogen-bond acceptors (Lipinski definition) is 3. The second-order valence-electron chi connectivity index (χ2n) is 7.84. The summed E-state index contributed by atoms with van der Waals surface area (Å²) in [5.74, 6) is 2.82. The number of rotatable bonds is 5. The van der Waals surface area contributed by atoms with E-state index in [2.05, 4.69) is 15.6 Å². The van der Waals surface area contributed by atoms with Crippen LogP contribution in [0.25, 0.3) is 0 Å².